The molecule has 1 aliphatic rings. The Morgan fingerprint density at radius 1 is 0.404 bits per heavy atom. The highest BCUT2D eigenvalue weighted by molar-refractivity contribution is 7.25. The number of anilines is 3. The average molecular weight is 746 g/mol. The van der Waals surface area contributed by atoms with E-state index in [0.29, 0.717) is 0 Å². The first-order chi connectivity index (χ1) is 28.0. The van der Waals surface area contributed by atoms with Crippen molar-refractivity contribution in [2.75, 3.05) is 4.90 Å². The normalized spacial score (nSPS) is 12.9. The Morgan fingerprint density at radius 3 is 1.79 bits per heavy atom. The Bertz CT molecular complexity index is 3150. The molecule has 1 aromatic heterocycles. The van der Waals surface area contributed by atoms with Gasteiger partial charge >= 0.3 is 0 Å². The van der Waals surface area contributed by atoms with Crippen LogP contribution in [-0.2, 0) is 5.41 Å². The third-order valence-electron chi connectivity index (χ3n) is 12.0. The molecule has 0 bridgehead atoms. The second-order valence-electron chi connectivity index (χ2n) is 15.7. The molecule has 0 saturated carbocycles. The summed E-state index contributed by atoms with van der Waals surface area (Å²) in [7, 11) is 0. The number of thiophene rings is 1. The molecule has 0 atom stereocenters. The predicted molar refractivity (Wildman–Crippen MR) is 245 cm³/mol. The van der Waals surface area contributed by atoms with E-state index in [2.05, 4.69) is 219 Å². The van der Waals surface area contributed by atoms with Crippen LogP contribution >= 0.6 is 11.3 Å². The number of fused-ring (bicyclic) bond motifs is 7. The first-order valence-corrected chi connectivity index (χ1v) is 20.6. The number of hydrogen-bond acceptors (Lipinski definition) is 2. The molecule has 10 aromatic rings. The van der Waals surface area contributed by atoms with Crippen molar-refractivity contribution in [3.63, 3.8) is 0 Å². The fourth-order valence-corrected chi connectivity index (χ4v) is 10.6. The Kier molecular flexibility index (Phi) is 7.77. The van der Waals surface area contributed by atoms with Crippen LogP contribution in [0.3, 0.4) is 0 Å². The van der Waals surface area contributed by atoms with E-state index in [-0.39, 0.29) is 5.41 Å². The van der Waals surface area contributed by atoms with Gasteiger partial charge in [-0.15, -0.1) is 11.3 Å². The summed E-state index contributed by atoms with van der Waals surface area (Å²) in [4.78, 5) is 2.52. The molecule has 0 unspecified atom stereocenters. The molecule has 1 heterocycles. The Labute approximate surface area is 337 Å². The summed E-state index contributed by atoms with van der Waals surface area (Å²) in [6.45, 7) is 4.77. The van der Waals surface area contributed by atoms with Crippen LogP contribution in [0.2, 0.25) is 0 Å². The van der Waals surface area contributed by atoms with Crippen LogP contribution in [0.25, 0.3) is 75.5 Å². The Balaban J connectivity index is 1.22. The van der Waals surface area contributed by atoms with E-state index >= 15 is 0 Å². The zero-order valence-electron chi connectivity index (χ0n) is 31.9. The van der Waals surface area contributed by atoms with Gasteiger partial charge in [0.25, 0.3) is 0 Å². The highest BCUT2D eigenvalue weighted by Crippen LogP contribution is 2.55. The topological polar surface area (TPSA) is 3.24 Å². The molecule has 0 saturated heterocycles. The quantitative estimate of drug-likeness (QED) is 0.164. The molecule has 2 heteroatoms. The van der Waals surface area contributed by atoms with Gasteiger partial charge < -0.3 is 4.90 Å². The SMILES string of the molecule is CC1(C)c2ccccc2-c2cc(N(c3ccc4c(c3)sc3ccccc34)c3ccccc3-c3cccc4cccc(-c5ccccc5)c34)cc(-c3ccccc3)c21. The molecule has 9 aromatic carbocycles. The van der Waals surface area contributed by atoms with Gasteiger partial charge in [-0.3, -0.25) is 0 Å². The summed E-state index contributed by atoms with van der Waals surface area (Å²) in [6, 6.07) is 74.0. The fraction of sp³-hybridized carbons (Fsp3) is 0.0545. The third kappa shape index (κ3) is 5.36. The predicted octanol–water partition coefficient (Wildman–Crippen LogP) is 16.0. The van der Waals surface area contributed by atoms with E-state index in [1.165, 1.54) is 86.6 Å². The molecule has 270 valence electrons. The van der Waals surface area contributed by atoms with Crippen molar-refractivity contribution in [1.29, 1.82) is 0 Å². The molecule has 0 spiro atoms. The molecule has 1 nitrogen and oxygen atoms in total. The maximum Gasteiger partial charge on any atom is 0.0540 e. The van der Waals surface area contributed by atoms with E-state index in [4.69, 9.17) is 0 Å². The van der Waals surface area contributed by atoms with Crippen LogP contribution in [0.15, 0.2) is 200 Å². The third-order valence-corrected chi connectivity index (χ3v) is 13.2. The van der Waals surface area contributed by atoms with E-state index in [1.54, 1.807) is 0 Å². The number of rotatable bonds is 6. The maximum atomic E-state index is 2.52. The number of para-hydroxylation sites is 1. The van der Waals surface area contributed by atoms with Gasteiger partial charge in [-0.25, -0.2) is 0 Å². The van der Waals surface area contributed by atoms with Gasteiger partial charge in [0.1, 0.15) is 0 Å². The lowest BCUT2D eigenvalue weighted by molar-refractivity contribution is 0.662. The first-order valence-electron chi connectivity index (χ1n) is 19.8. The second kappa shape index (κ2) is 13.2. The van der Waals surface area contributed by atoms with Crippen LogP contribution < -0.4 is 4.90 Å². The molecule has 0 fully saturated rings. The first kappa shape index (κ1) is 33.6. The molecule has 0 aliphatic heterocycles. The van der Waals surface area contributed by atoms with Crippen molar-refractivity contribution in [2.24, 2.45) is 0 Å². The van der Waals surface area contributed by atoms with Crippen LogP contribution in [0.1, 0.15) is 25.0 Å². The lowest BCUT2D eigenvalue weighted by Gasteiger charge is -2.31. The highest BCUT2D eigenvalue weighted by atomic mass is 32.1. The molecule has 0 amide bonds. The smallest absolute Gasteiger partial charge is 0.0540 e. The van der Waals surface area contributed by atoms with E-state index < -0.39 is 0 Å². The van der Waals surface area contributed by atoms with Crippen LogP contribution in [0, 0.1) is 0 Å². The molecule has 11 rings (SSSR count). The lowest BCUT2D eigenvalue weighted by atomic mass is 9.78. The Morgan fingerprint density at radius 2 is 1.00 bits per heavy atom. The minimum absolute atomic E-state index is 0.162. The van der Waals surface area contributed by atoms with Crippen LogP contribution in [-0.4, -0.2) is 0 Å². The Hall–Kier alpha value is -6.74. The minimum Gasteiger partial charge on any atom is -0.310 e. The van der Waals surface area contributed by atoms with Crippen molar-refractivity contribution in [3.05, 3.63) is 211 Å². The summed E-state index contributed by atoms with van der Waals surface area (Å²) >= 11 is 1.87. The van der Waals surface area contributed by atoms with Gasteiger partial charge in [-0.1, -0.05) is 178 Å². The van der Waals surface area contributed by atoms with Crippen molar-refractivity contribution in [3.8, 4) is 44.5 Å². The van der Waals surface area contributed by atoms with Gasteiger partial charge in [-0.05, 0) is 97.2 Å². The zero-order valence-corrected chi connectivity index (χ0v) is 32.7. The monoisotopic (exact) mass is 745 g/mol. The van der Waals surface area contributed by atoms with Gasteiger partial charge in [0.05, 0.1) is 5.69 Å². The zero-order chi connectivity index (χ0) is 38.1. The summed E-state index contributed by atoms with van der Waals surface area (Å²) in [5.41, 5.74) is 16.0. The molecular weight excluding hydrogens is 707 g/mol. The molecular formula is C55H39NS. The van der Waals surface area contributed by atoms with E-state index in [9.17, 15) is 0 Å². The van der Waals surface area contributed by atoms with Crippen molar-refractivity contribution >= 4 is 59.3 Å². The lowest BCUT2D eigenvalue weighted by Crippen LogP contribution is -2.17. The molecule has 1 aliphatic carbocycles. The fourth-order valence-electron chi connectivity index (χ4n) is 9.49. The van der Waals surface area contributed by atoms with Crippen molar-refractivity contribution in [1.82, 2.24) is 0 Å². The van der Waals surface area contributed by atoms with Gasteiger partial charge in [0, 0.05) is 42.5 Å². The summed E-state index contributed by atoms with van der Waals surface area (Å²) < 4.78 is 2.59. The summed E-state index contributed by atoms with van der Waals surface area (Å²) in [5.74, 6) is 0. The van der Waals surface area contributed by atoms with Gasteiger partial charge in [0.2, 0.25) is 0 Å². The van der Waals surface area contributed by atoms with Crippen LogP contribution in [0.4, 0.5) is 17.1 Å². The average Bonchev–Trinajstić information content (AvgIpc) is 3.75. The standard InChI is InChI=1S/C55H39NS/c1-55(2)49-28-12-9-23-42(49)48-34-40(33-47(54(48)55)37-19-7-4-8-20-37)56(39-31-32-45-44-25-11-14-30-51(44)57-52(45)35-39)50-29-13-10-24-43(50)46-27-16-22-38-21-15-26-41(53(38)46)36-17-5-3-6-18-36/h3-35H,1-2H3. The van der Waals surface area contributed by atoms with E-state index in [1.807, 2.05) is 11.3 Å². The second-order valence-corrected chi connectivity index (χ2v) is 16.7. The highest BCUT2D eigenvalue weighted by Gasteiger charge is 2.38. The maximum absolute atomic E-state index is 2.52. The number of benzene rings is 9. The minimum atomic E-state index is -0.162. The van der Waals surface area contributed by atoms with Crippen LogP contribution in [0.5, 0.6) is 0 Å². The van der Waals surface area contributed by atoms with Crippen molar-refractivity contribution in [2.45, 2.75) is 19.3 Å². The summed E-state index contributed by atoms with van der Waals surface area (Å²) in [6.07, 6.45) is 0. The molecule has 0 N–H and O–H groups in total. The van der Waals surface area contributed by atoms with E-state index in [0.717, 1.165) is 17.1 Å². The number of hydrogen-bond donors (Lipinski definition) is 0. The number of nitrogens with zero attached hydrogens (tertiary/aromatic N) is 1. The molecule has 57 heavy (non-hydrogen) atoms. The van der Waals surface area contributed by atoms with Gasteiger partial charge in [0.15, 0.2) is 0 Å². The largest absolute Gasteiger partial charge is 0.310 e. The molecule has 0 radical (unpaired) electrons. The van der Waals surface area contributed by atoms with Crippen molar-refractivity contribution < 1.29 is 0 Å². The summed E-state index contributed by atoms with van der Waals surface area (Å²) in [5, 5.41) is 5.09. The van der Waals surface area contributed by atoms with Gasteiger partial charge in [-0.2, -0.15) is 0 Å².